The Bertz CT molecular complexity index is 211. The molecule has 4 unspecified atom stereocenters. The van der Waals surface area contributed by atoms with Gasteiger partial charge in [0.05, 0.1) is 12.7 Å². The quantitative estimate of drug-likeness (QED) is 0.332. The van der Waals surface area contributed by atoms with Gasteiger partial charge in [0.25, 0.3) is 0 Å². The summed E-state index contributed by atoms with van der Waals surface area (Å²) in [6.45, 7) is 3.15. The predicted octanol–water partition coefficient (Wildman–Crippen LogP) is -0.535. The van der Waals surface area contributed by atoms with E-state index < -0.39 is 30.5 Å². The van der Waals surface area contributed by atoms with Crippen LogP contribution in [0.3, 0.4) is 0 Å². The van der Waals surface area contributed by atoms with Crippen molar-refractivity contribution in [3.8, 4) is 0 Å². The molecule has 1 saturated heterocycles. The van der Waals surface area contributed by atoms with E-state index in [1.807, 2.05) is 0 Å². The van der Waals surface area contributed by atoms with E-state index in [0.29, 0.717) is 6.42 Å². The van der Waals surface area contributed by atoms with Crippen LogP contribution in [-0.2, 0) is 4.74 Å². The third-order valence-corrected chi connectivity index (χ3v) is 2.43. The molecule has 94 valence electrons. The number of ether oxygens (including phenoxy) is 1. The second-order valence-corrected chi connectivity index (χ2v) is 3.43. The Kier molecular flexibility index (Phi) is 29.6. The maximum atomic E-state index is 9.48. The van der Waals surface area contributed by atoms with Gasteiger partial charge in [0.2, 0.25) is 0 Å². The largest absolute Gasteiger partial charge is 0.670 e. The third kappa shape index (κ3) is 9.57. The topological polar surface area (TPSA) is 93.7 Å². The van der Waals surface area contributed by atoms with Gasteiger partial charge in [-0.05, 0) is 6.42 Å². The molecule has 0 amide bonds. The molecule has 4 radical (unpaired) electrons. The first-order valence-corrected chi connectivity index (χ1v) is 4.56. The van der Waals surface area contributed by atoms with Gasteiger partial charge in [-0.25, -0.2) is 0 Å². The van der Waals surface area contributed by atoms with Gasteiger partial charge in [-0.15, -0.1) is 6.58 Å². The van der Waals surface area contributed by atoms with Crippen LogP contribution in [0.2, 0.25) is 0 Å². The van der Waals surface area contributed by atoms with E-state index in [9.17, 15) is 10.2 Å². The first-order chi connectivity index (χ1) is 6.61. The standard InChI is InChI=1S/C9H16NO4.4Ac/c1-2-3-5-7(10)9(13)8(12)6(4-11)14-5;;;;/h2,5-13H,1,3-4H2;;;;/q-1;;;;/t5-,6?,7?,8?,9?;;;;/m1..../s1. The zero-order chi connectivity index (χ0) is 10.7. The Morgan fingerprint density at radius 2 is 1.56 bits per heavy atom. The molecule has 0 bridgehead atoms. The van der Waals surface area contributed by atoms with Crippen LogP contribution in [0, 0.1) is 176 Å². The molecule has 0 aromatic carbocycles. The summed E-state index contributed by atoms with van der Waals surface area (Å²) in [6.07, 6.45) is -1.67. The van der Waals surface area contributed by atoms with Gasteiger partial charge < -0.3 is 25.8 Å². The maximum absolute atomic E-state index is 9.48. The van der Waals surface area contributed by atoms with E-state index in [4.69, 9.17) is 15.6 Å². The zero-order valence-electron chi connectivity index (χ0n) is 10.1. The summed E-state index contributed by atoms with van der Waals surface area (Å²) in [7, 11) is 0. The fraction of sp³-hybridized carbons (Fsp3) is 0.778. The Balaban J connectivity index is -0.000000245. The smallest absolute Gasteiger partial charge is 0.109 e. The molecule has 1 aliphatic heterocycles. The number of hydrogen-bond donors (Lipinski definition) is 3. The molecular formula is C9H16Ac4NO4-. The maximum Gasteiger partial charge on any atom is 0.109 e. The summed E-state index contributed by atoms with van der Waals surface area (Å²) >= 11 is 0. The van der Waals surface area contributed by atoms with Crippen LogP contribution in [0.15, 0.2) is 12.7 Å². The molecule has 0 spiro atoms. The normalized spacial score (nSPS) is 33.9. The molecule has 0 aliphatic carbocycles. The van der Waals surface area contributed by atoms with Crippen LogP contribution in [0.25, 0.3) is 5.73 Å². The summed E-state index contributed by atoms with van der Waals surface area (Å²) in [6, 6.07) is -0.897. The van der Waals surface area contributed by atoms with Crippen molar-refractivity contribution in [2.75, 3.05) is 6.61 Å². The average molecular weight is 1110 g/mol. The van der Waals surface area contributed by atoms with Crippen molar-refractivity contribution in [2.45, 2.75) is 36.9 Å². The van der Waals surface area contributed by atoms with Crippen LogP contribution in [0.4, 0.5) is 0 Å². The Labute approximate surface area is 251 Å². The van der Waals surface area contributed by atoms with Gasteiger partial charge in [-0.2, -0.15) is 0 Å². The fourth-order valence-electron chi connectivity index (χ4n) is 1.56. The van der Waals surface area contributed by atoms with Gasteiger partial charge in [-0.3, -0.25) is 0 Å². The van der Waals surface area contributed by atoms with Gasteiger partial charge in [0.15, 0.2) is 0 Å². The van der Waals surface area contributed by atoms with Crippen molar-refractivity contribution in [2.24, 2.45) is 0 Å². The minimum atomic E-state index is -1.19. The summed E-state index contributed by atoms with van der Waals surface area (Å²) in [5.74, 6) is 0. The fourth-order valence-corrected chi connectivity index (χ4v) is 1.56. The number of nitrogens with one attached hydrogen (secondary N) is 1. The summed E-state index contributed by atoms with van der Waals surface area (Å²) in [4.78, 5) is 0. The molecule has 18 heavy (non-hydrogen) atoms. The minimum Gasteiger partial charge on any atom is -0.670 e. The van der Waals surface area contributed by atoms with Crippen LogP contribution in [-0.4, -0.2) is 52.4 Å². The van der Waals surface area contributed by atoms with E-state index in [-0.39, 0.29) is 183 Å². The van der Waals surface area contributed by atoms with E-state index in [2.05, 4.69) is 6.58 Å². The van der Waals surface area contributed by atoms with Crippen molar-refractivity contribution < 1.29 is 196 Å². The van der Waals surface area contributed by atoms with Crippen LogP contribution >= 0.6 is 0 Å². The van der Waals surface area contributed by atoms with Gasteiger partial charge >= 0.3 is 0 Å². The average Bonchev–Trinajstić information content (AvgIpc) is 2.19. The van der Waals surface area contributed by atoms with Gasteiger partial charge in [0.1, 0.15) is 12.2 Å². The van der Waals surface area contributed by atoms with Gasteiger partial charge in [-0.1, -0.05) is 12.1 Å². The van der Waals surface area contributed by atoms with Crippen LogP contribution < -0.4 is 0 Å². The number of aliphatic hydroxyl groups excluding tert-OH is 3. The van der Waals surface area contributed by atoms with Crippen molar-refractivity contribution >= 4 is 0 Å². The second-order valence-electron chi connectivity index (χ2n) is 3.43. The SMILES string of the molecule is C=CC[C@H]1OC(CO)C(O)C(O)C1[NH-].[Ac].[Ac].[Ac].[Ac]. The summed E-state index contributed by atoms with van der Waals surface area (Å²) in [5, 5.41) is 27.8. The summed E-state index contributed by atoms with van der Waals surface area (Å²) < 4.78 is 5.25. The monoisotopic (exact) mass is 1110 g/mol. The molecular weight excluding hydrogens is 1090 g/mol. The molecule has 1 heterocycles. The molecule has 0 aromatic rings. The molecule has 1 rings (SSSR count). The molecule has 4 N–H and O–H groups in total. The molecule has 0 saturated carbocycles. The predicted molar refractivity (Wildman–Crippen MR) is 50.7 cm³/mol. The first kappa shape index (κ1) is 31.1. The van der Waals surface area contributed by atoms with Crippen LogP contribution in [0.1, 0.15) is 6.42 Å². The Morgan fingerprint density at radius 3 is 1.94 bits per heavy atom. The molecule has 0 aromatic heterocycles. The van der Waals surface area contributed by atoms with E-state index in [0.717, 1.165) is 0 Å². The number of aliphatic hydroxyl groups is 3. The van der Waals surface area contributed by atoms with Crippen LogP contribution in [0.5, 0.6) is 0 Å². The van der Waals surface area contributed by atoms with E-state index in [1.54, 1.807) is 6.08 Å². The third-order valence-electron chi connectivity index (χ3n) is 2.43. The molecule has 1 aliphatic rings. The number of hydrogen-bond acceptors (Lipinski definition) is 4. The molecule has 9 heteroatoms. The van der Waals surface area contributed by atoms with E-state index in [1.165, 1.54) is 0 Å². The van der Waals surface area contributed by atoms with Crippen molar-refractivity contribution in [3.05, 3.63) is 18.4 Å². The number of rotatable bonds is 3. The molecule has 5 atom stereocenters. The Morgan fingerprint density at radius 1 is 1.06 bits per heavy atom. The first-order valence-electron chi connectivity index (χ1n) is 4.56. The van der Waals surface area contributed by atoms with Crippen molar-refractivity contribution in [3.63, 3.8) is 0 Å². The van der Waals surface area contributed by atoms with Gasteiger partial charge in [0, 0.05) is 182 Å². The Hall–Kier alpha value is 5.31. The zero-order valence-corrected chi connectivity index (χ0v) is 29.1. The van der Waals surface area contributed by atoms with Crippen molar-refractivity contribution in [1.29, 1.82) is 0 Å². The van der Waals surface area contributed by atoms with Crippen molar-refractivity contribution in [1.82, 2.24) is 0 Å². The minimum absolute atomic E-state index is 0. The second kappa shape index (κ2) is 17.1. The molecule has 5 nitrogen and oxygen atoms in total. The summed E-state index contributed by atoms with van der Waals surface area (Å²) in [5.41, 5.74) is 7.57. The molecule has 1 fully saturated rings. The van der Waals surface area contributed by atoms with E-state index >= 15 is 0 Å².